The fourth-order valence-corrected chi connectivity index (χ4v) is 14.5. The molecule has 0 atom stereocenters. The van der Waals surface area contributed by atoms with Crippen LogP contribution in [-0.2, 0) is 90.8 Å². The average molecular weight is 1720 g/mol. The normalized spacial score (nSPS) is 11.7. The first-order valence-electron chi connectivity index (χ1n) is 50.8. The highest BCUT2D eigenvalue weighted by molar-refractivity contribution is 4.99. The third-order valence-corrected chi connectivity index (χ3v) is 22.3. The highest BCUT2D eigenvalue weighted by Gasteiger charge is 2.14. The minimum absolute atomic E-state index is 0.636. The maximum Gasteiger partial charge on any atom is 0.0725 e. The highest BCUT2D eigenvalue weighted by atomic mass is 15.5. The molecule has 0 saturated carbocycles. The van der Waals surface area contributed by atoms with Gasteiger partial charge in [-0.15, -0.1) is 35.7 Å². The maximum absolute atomic E-state index is 4.20. The summed E-state index contributed by atoms with van der Waals surface area (Å²) in [5.74, 6) is 10.8. The van der Waals surface area contributed by atoms with E-state index in [1.807, 2.05) is 43.4 Å². The zero-order chi connectivity index (χ0) is 91.5. The number of rotatable bonds is 60. The molecule has 0 N–H and O–H groups in total. The Kier molecular flexibility index (Phi) is 68.2. The zero-order valence-corrected chi connectivity index (χ0v) is 85.5. The molecule has 0 spiro atoms. The summed E-state index contributed by atoms with van der Waals surface area (Å²) in [6.07, 6.45) is 62.6. The van der Waals surface area contributed by atoms with Crippen LogP contribution in [0, 0.1) is 82.9 Å². The van der Waals surface area contributed by atoms with E-state index in [0.717, 1.165) is 162 Å². The largest absolute Gasteiger partial charge is 0.249 e. The second-order valence-corrected chi connectivity index (χ2v) is 41.9. The molecular weight excluding hydrogens is 1520 g/mol. The first-order valence-corrected chi connectivity index (χ1v) is 50.8. The van der Waals surface area contributed by atoms with E-state index in [1.54, 1.807) is 0 Å². The van der Waals surface area contributed by atoms with Gasteiger partial charge < -0.3 is 0 Å². The van der Waals surface area contributed by atoms with Gasteiger partial charge in [-0.3, -0.25) is 0 Å². The Bertz CT molecular complexity index is 3260. The lowest BCUT2D eigenvalue weighted by molar-refractivity contribution is 0.453. The van der Waals surface area contributed by atoms with Crippen molar-refractivity contribution in [2.75, 3.05) is 0 Å². The Balaban J connectivity index is 0.000000718. The molecule has 0 aliphatic rings. The van der Waals surface area contributed by atoms with Crippen LogP contribution in [-0.4, -0.2) is 105 Å². The van der Waals surface area contributed by atoms with Gasteiger partial charge in [0.1, 0.15) is 0 Å². The van der Waals surface area contributed by atoms with Gasteiger partial charge >= 0.3 is 0 Å². The van der Waals surface area contributed by atoms with E-state index in [9.17, 15) is 0 Å². The number of nitrogens with zero attached hydrogens (tertiary/aromatic N) is 21. The third-order valence-electron chi connectivity index (χ3n) is 22.3. The summed E-state index contributed by atoms with van der Waals surface area (Å²) in [4.78, 5) is 0. The van der Waals surface area contributed by atoms with E-state index in [2.05, 4.69) is 299 Å². The van der Waals surface area contributed by atoms with Gasteiger partial charge in [0.2, 0.25) is 0 Å². The Morgan fingerprint density at radius 3 is 0.691 bits per heavy atom. The predicted molar refractivity (Wildman–Crippen MR) is 522 cm³/mol. The van der Waals surface area contributed by atoms with Gasteiger partial charge in [0.25, 0.3) is 0 Å². The van der Waals surface area contributed by atoms with Crippen LogP contribution in [0.2, 0.25) is 0 Å². The molecule has 710 valence electrons. The highest BCUT2D eigenvalue weighted by Crippen LogP contribution is 2.20. The van der Waals surface area contributed by atoms with Gasteiger partial charge in [0.05, 0.1) is 83.2 Å². The molecule has 7 aromatic rings. The molecule has 0 aliphatic carbocycles. The SMILES string of the molecule is CC(C)CCCCCCCc1cnnn1CCC(C)C.CC(C)CCCCCc1cnnn1CC(C)C.CC(C)CCCCCn1nncc1CC(C)C.CC(C)CCCCc1cnnn1CCC(C)C.CC(C)CCCCn1nncc1CCC(C)C.CC(C)CCCCn1nncc1CCCC(C)C.CC(C)CCCc1cnnn1CCCC(C)C. The van der Waals surface area contributed by atoms with Crippen molar-refractivity contribution in [2.45, 2.75) is 490 Å². The maximum atomic E-state index is 4.20. The molecule has 0 fully saturated rings. The van der Waals surface area contributed by atoms with Crippen molar-refractivity contribution < 1.29 is 0 Å². The van der Waals surface area contributed by atoms with Gasteiger partial charge in [0.15, 0.2) is 0 Å². The van der Waals surface area contributed by atoms with Crippen molar-refractivity contribution in [3.05, 3.63) is 83.2 Å². The molecule has 21 nitrogen and oxygen atoms in total. The van der Waals surface area contributed by atoms with Crippen molar-refractivity contribution >= 4 is 0 Å². The van der Waals surface area contributed by atoms with E-state index >= 15 is 0 Å². The summed E-state index contributed by atoms with van der Waals surface area (Å²) in [7, 11) is 0. The van der Waals surface area contributed by atoms with E-state index in [4.69, 9.17) is 0 Å². The Hall–Kier alpha value is -6.02. The fraction of sp³-hybridized carbons (Fsp3) is 0.863. The van der Waals surface area contributed by atoms with Crippen molar-refractivity contribution in [3.63, 3.8) is 0 Å². The quantitative estimate of drug-likeness (QED) is 0.0324. The van der Waals surface area contributed by atoms with Crippen LogP contribution in [0.1, 0.15) is 439 Å². The number of unbranched alkanes of at least 4 members (excludes halogenated alkanes) is 11. The van der Waals surface area contributed by atoms with Crippen molar-refractivity contribution in [2.24, 2.45) is 82.9 Å². The Labute approximate surface area is 756 Å². The summed E-state index contributed by atoms with van der Waals surface area (Å²) in [5.41, 5.74) is 9.09. The summed E-state index contributed by atoms with van der Waals surface area (Å²) >= 11 is 0. The number of aromatic nitrogens is 21. The van der Waals surface area contributed by atoms with E-state index in [1.165, 1.54) is 245 Å². The van der Waals surface area contributed by atoms with E-state index in [-0.39, 0.29) is 0 Å². The van der Waals surface area contributed by atoms with Crippen molar-refractivity contribution in [1.82, 2.24) is 105 Å². The molecule has 0 aromatic carbocycles. The van der Waals surface area contributed by atoms with Crippen LogP contribution in [0.3, 0.4) is 0 Å². The number of aryl methyl sites for hydroxylation is 12. The van der Waals surface area contributed by atoms with Crippen LogP contribution in [0.5, 0.6) is 0 Å². The molecule has 123 heavy (non-hydrogen) atoms. The van der Waals surface area contributed by atoms with Crippen LogP contribution >= 0.6 is 0 Å². The second kappa shape index (κ2) is 72.9. The number of hydrogen-bond donors (Lipinski definition) is 0. The average Bonchev–Trinajstić information content (AvgIpc) is 1.84. The summed E-state index contributed by atoms with van der Waals surface area (Å²) in [5, 5.41) is 57.5. The lowest BCUT2D eigenvalue weighted by atomic mass is 10.0. The fourth-order valence-electron chi connectivity index (χ4n) is 14.5. The summed E-state index contributed by atoms with van der Waals surface area (Å²) < 4.78 is 14.6. The molecular formula is C102H197N21. The third kappa shape index (κ3) is 65.2. The topological polar surface area (TPSA) is 215 Å². The summed E-state index contributed by atoms with van der Waals surface area (Å²) in [6.45, 7) is 70.7. The molecule has 7 aromatic heterocycles. The summed E-state index contributed by atoms with van der Waals surface area (Å²) in [6, 6.07) is 0. The minimum Gasteiger partial charge on any atom is -0.249 e. The van der Waals surface area contributed by atoms with Gasteiger partial charge in [-0.05, 0) is 211 Å². The van der Waals surface area contributed by atoms with Gasteiger partial charge in [0, 0.05) is 45.8 Å². The van der Waals surface area contributed by atoms with Crippen LogP contribution in [0.15, 0.2) is 43.4 Å². The van der Waals surface area contributed by atoms with Gasteiger partial charge in [-0.2, -0.15) is 0 Å². The lowest BCUT2D eigenvalue weighted by Gasteiger charge is -2.08. The van der Waals surface area contributed by atoms with E-state index in [0.29, 0.717) is 11.8 Å². The van der Waals surface area contributed by atoms with Gasteiger partial charge in [-0.1, -0.05) is 352 Å². The zero-order valence-electron chi connectivity index (χ0n) is 85.5. The predicted octanol–water partition coefficient (Wildman–Crippen LogP) is 27.4. The van der Waals surface area contributed by atoms with Gasteiger partial charge in [-0.25, -0.2) is 32.8 Å². The number of hydrogen-bond acceptors (Lipinski definition) is 14. The van der Waals surface area contributed by atoms with Crippen LogP contribution in [0.25, 0.3) is 0 Å². The molecule has 0 saturated heterocycles. The first kappa shape index (κ1) is 115. The molecule has 0 unspecified atom stereocenters. The Morgan fingerprint density at radius 1 is 0.163 bits per heavy atom. The molecule has 21 heteroatoms. The molecule has 7 heterocycles. The monoisotopic (exact) mass is 1720 g/mol. The molecule has 7 rings (SSSR count). The smallest absolute Gasteiger partial charge is 0.0725 e. The Morgan fingerprint density at radius 2 is 0.366 bits per heavy atom. The first-order chi connectivity index (χ1) is 58.6. The minimum atomic E-state index is 0.636. The van der Waals surface area contributed by atoms with E-state index < -0.39 is 0 Å². The van der Waals surface area contributed by atoms with Crippen molar-refractivity contribution in [3.8, 4) is 0 Å². The molecule has 0 aliphatic heterocycles. The van der Waals surface area contributed by atoms with Crippen molar-refractivity contribution in [1.29, 1.82) is 0 Å². The second-order valence-electron chi connectivity index (χ2n) is 41.9. The standard InChI is InChI=1S/C17H33N3.C15H29N3.5C14H27N3/c1-15(2)10-8-6-5-7-9-11-17-14-18-19-20(17)13-12-16(3)4;1-13(2)8-5-6-11-18-15(12-16-17-18)10-7-9-14(3)4;1-12(2)7-5-9-14-11-15-16-17(14)10-6-8-13(3)4;1-12(2)7-5-6-10-17-14(11-15-16-17)9-8-13(3)4;1-12(2)7-5-6-8-14-11-15-16-17(14)10-9-13(3)4;1-12(2)8-6-5-7-9-14-10-15-16-17(14)11-13(3)4;1-12(2)8-6-5-7-9-17-14(10-13(3)4)11-15-16-17/h14-16H,5-13H2,1-4H3;12-14H,5-11H2,1-4H3;3*11-13H,5-10H2,1-4H3;10,12-13H,5-9,11H2,1-4H3;11-13H,5-10H2,1-4H3. The van der Waals surface area contributed by atoms with Crippen LogP contribution < -0.4 is 0 Å². The molecule has 0 radical (unpaired) electrons. The molecule has 0 amide bonds. The van der Waals surface area contributed by atoms with Crippen LogP contribution in [0.4, 0.5) is 0 Å². The lowest BCUT2D eigenvalue weighted by Crippen LogP contribution is -2.09. The molecule has 0 bridgehead atoms.